The molecule has 3 atom stereocenters. The monoisotopic (exact) mass is 166 g/mol. The summed E-state index contributed by atoms with van der Waals surface area (Å²) in [4.78, 5) is 11.2. The SMILES string of the molecule is CC1=CC[C@@H]2[C@H](C)C(=O)OC[C@H]12. The fraction of sp³-hybridized carbons (Fsp3) is 0.700. The van der Waals surface area contributed by atoms with E-state index in [9.17, 15) is 4.79 Å². The largest absolute Gasteiger partial charge is 0.465 e. The van der Waals surface area contributed by atoms with E-state index in [-0.39, 0.29) is 11.9 Å². The average Bonchev–Trinajstić information content (AvgIpc) is 2.41. The Morgan fingerprint density at radius 1 is 1.58 bits per heavy atom. The predicted octanol–water partition coefficient (Wildman–Crippen LogP) is 1.76. The molecule has 2 heteroatoms. The number of carbonyl (C=O) groups is 1. The van der Waals surface area contributed by atoms with E-state index in [1.807, 2.05) is 6.92 Å². The van der Waals surface area contributed by atoms with Gasteiger partial charge in [0.25, 0.3) is 0 Å². The van der Waals surface area contributed by atoms with Crippen LogP contribution >= 0.6 is 0 Å². The van der Waals surface area contributed by atoms with E-state index in [2.05, 4.69) is 13.0 Å². The van der Waals surface area contributed by atoms with Crippen LogP contribution in [0.5, 0.6) is 0 Å². The average molecular weight is 166 g/mol. The van der Waals surface area contributed by atoms with E-state index in [0.29, 0.717) is 18.4 Å². The van der Waals surface area contributed by atoms with Crippen molar-refractivity contribution in [3.8, 4) is 0 Å². The number of carbonyl (C=O) groups excluding carboxylic acids is 1. The molecule has 0 unspecified atom stereocenters. The molecule has 2 aliphatic rings. The molecule has 0 bridgehead atoms. The number of fused-ring (bicyclic) bond motifs is 1. The van der Waals surface area contributed by atoms with Gasteiger partial charge in [-0.05, 0) is 19.3 Å². The Morgan fingerprint density at radius 3 is 3.08 bits per heavy atom. The molecule has 0 N–H and O–H groups in total. The minimum absolute atomic E-state index is 0.0145. The van der Waals surface area contributed by atoms with Crippen LogP contribution < -0.4 is 0 Å². The number of rotatable bonds is 0. The summed E-state index contributed by atoms with van der Waals surface area (Å²) in [6.45, 7) is 4.72. The highest BCUT2D eigenvalue weighted by atomic mass is 16.5. The predicted molar refractivity (Wildman–Crippen MR) is 45.5 cm³/mol. The Morgan fingerprint density at radius 2 is 2.33 bits per heavy atom. The van der Waals surface area contributed by atoms with Crippen LogP contribution in [0.1, 0.15) is 20.3 Å². The zero-order chi connectivity index (χ0) is 8.72. The van der Waals surface area contributed by atoms with Crippen LogP contribution in [-0.4, -0.2) is 12.6 Å². The van der Waals surface area contributed by atoms with Gasteiger partial charge < -0.3 is 4.74 Å². The normalized spacial score (nSPS) is 40.3. The number of allylic oxidation sites excluding steroid dienone is 1. The number of esters is 1. The van der Waals surface area contributed by atoms with E-state index in [0.717, 1.165) is 6.42 Å². The van der Waals surface area contributed by atoms with Gasteiger partial charge in [-0.3, -0.25) is 4.79 Å². The third-order valence-electron chi connectivity index (χ3n) is 3.23. The Hall–Kier alpha value is -0.790. The van der Waals surface area contributed by atoms with E-state index in [1.165, 1.54) is 5.57 Å². The molecule has 12 heavy (non-hydrogen) atoms. The Balaban J connectivity index is 2.18. The van der Waals surface area contributed by atoms with Crippen molar-refractivity contribution < 1.29 is 9.53 Å². The van der Waals surface area contributed by atoms with E-state index >= 15 is 0 Å². The second-order valence-electron chi connectivity index (χ2n) is 3.87. The maximum atomic E-state index is 11.2. The molecule has 0 aromatic rings. The van der Waals surface area contributed by atoms with Crippen molar-refractivity contribution in [3.63, 3.8) is 0 Å². The second-order valence-corrected chi connectivity index (χ2v) is 3.87. The van der Waals surface area contributed by atoms with Crippen LogP contribution in [0, 0.1) is 17.8 Å². The summed E-state index contributed by atoms with van der Waals surface area (Å²) < 4.78 is 5.09. The lowest BCUT2D eigenvalue weighted by Gasteiger charge is -2.31. The zero-order valence-electron chi connectivity index (χ0n) is 7.54. The third kappa shape index (κ3) is 0.977. The summed E-state index contributed by atoms with van der Waals surface area (Å²) in [5.74, 6) is 1.11. The number of cyclic esters (lactones) is 1. The second kappa shape index (κ2) is 2.61. The number of hydrogen-bond acceptors (Lipinski definition) is 2. The first-order valence-electron chi connectivity index (χ1n) is 4.53. The van der Waals surface area contributed by atoms with Crippen molar-refractivity contribution in [1.29, 1.82) is 0 Å². The first kappa shape index (κ1) is 7.84. The molecule has 2 nitrogen and oxygen atoms in total. The van der Waals surface area contributed by atoms with Gasteiger partial charge in [-0.1, -0.05) is 18.6 Å². The van der Waals surface area contributed by atoms with Gasteiger partial charge in [-0.2, -0.15) is 0 Å². The highest BCUT2D eigenvalue weighted by Crippen LogP contribution is 2.40. The lowest BCUT2D eigenvalue weighted by molar-refractivity contribution is -0.158. The molecule has 0 spiro atoms. The van der Waals surface area contributed by atoms with E-state index < -0.39 is 0 Å². The fourth-order valence-electron chi connectivity index (χ4n) is 2.26. The van der Waals surface area contributed by atoms with Crippen LogP contribution in [0.2, 0.25) is 0 Å². The lowest BCUT2D eigenvalue weighted by atomic mass is 9.81. The molecular weight excluding hydrogens is 152 g/mol. The summed E-state index contributed by atoms with van der Waals surface area (Å²) in [6, 6.07) is 0. The van der Waals surface area contributed by atoms with E-state index in [4.69, 9.17) is 4.74 Å². The molecule has 0 radical (unpaired) electrons. The fourth-order valence-corrected chi connectivity index (χ4v) is 2.26. The molecule has 0 aromatic heterocycles. The smallest absolute Gasteiger partial charge is 0.308 e. The molecule has 1 saturated heterocycles. The minimum atomic E-state index is -0.0145. The summed E-state index contributed by atoms with van der Waals surface area (Å²) >= 11 is 0. The molecule has 1 aliphatic carbocycles. The molecule has 0 amide bonds. The van der Waals surface area contributed by atoms with Crippen LogP contribution in [0.15, 0.2) is 11.6 Å². The highest BCUT2D eigenvalue weighted by Gasteiger charge is 2.40. The van der Waals surface area contributed by atoms with Gasteiger partial charge in [0.05, 0.1) is 12.5 Å². The molecule has 1 aliphatic heterocycles. The van der Waals surface area contributed by atoms with Gasteiger partial charge >= 0.3 is 5.97 Å². The van der Waals surface area contributed by atoms with Gasteiger partial charge in [0.2, 0.25) is 0 Å². The van der Waals surface area contributed by atoms with Gasteiger partial charge in [-0.15, -0.1) is 0 Å². The minimum Gasteiger partial charge on any atom is -0.465 e. The van der Waals surface area contributed by atoms with Gasteiger partial charge in [0, 0.05) is 5.92 Å². The first-order valence-corrected chi connectivity index (χ1v) is 4.53. The third-order valence-corrected chi connectivity index (χ3v) is 3.23. The summed E-state index contributed by atoms with van der Waals surface area (Å²) in [7, 11) is 0. The summed E-state index contributed by atoms with van der Waals surface area (Å²) in [5, 5.41) is 0. The zero-order valence-corrected chi connectivity index (χ0v) is 7.54. The molecule has 2 rings (SSSR count). The lowest BCUT2D eigenvalue weighted by Crippen LogP contribution is -2.36. The van der Waals surface area contributed by atoms with E-state index in [1.54, 1.807) is 0 Å². The van der Waals surface area contributed by atoms with Crippen molar-refractivity contribution in [1.82, 2.24) is 0 Å². The van der Waals surface area contributed by atoms with Crippen LogP contribution in [0.3, 0.4) is 0 Å². The molecule has 0 saturated carbocycles. The summed E-state index contributed by atoms with van der Waals surface area (Å²) in [5.41, 5.74) is 1.40. The van der Waals surface area contributed by atoms with Gasteiger partial charge in [0.1, 0.15) is 0 Å². The molecular formula is C10H14O2. The Kier molecular flexibility index (Phi) is 1.71. The topological polar surface area (TPSA) is 26.3 Å². The molecule has 66 valence electrons. The van der Waals surface area contributed by atoms with Crippen LogP contribution in [0.25, 0.3) is 0 Å². The molecule has 1 fully saturated rings. The van der Waals surface area contributed by atoms with Crippen molar-refractivity contribution in [2.75, 3.05) is 6.61 Å². The van der Waals surface area contributed by atoms with Gasteiger partial charge in [-0.25, -0.2) is 0 Å². The number of hydrogen-bond donors (Lipinski definition) is 0. The molecule has 0 aromatic carbocycles. The molecule has 1 heterocycles. The number of ether oxygens (including phenoxy) is 1. The Bertz CT molecular complexity index is 242. The van der Waals surface area contributed by atoms with Crippen molar-refractivity contribution in [2.45, 2.75) is 20.3 Å². The summed E-state index contributed by atoms with van der Waals surface area (Å²) in [6.07, 6.45) is 3.31. The Labute approximate surface area is 72.6 Å². The van der Waals surface area contributed by atoms with Crippen LogP contribution in [-0.2, 0) is 9.53 Å². The van der Waals surface area contributed by atoms with Gasteiger partial charge in [0.15, 0.2) is 0 Å². The maximum absolute atomic E-state index is 11.2. The quantitative estimate of drug-likeness (QED) is 0.405. The van der Waals surface area contributed by atoms with Crippen molar-refractivity contribution in [2.24, 2.45) is 17.8 Å². The maximum Gasteiger partial charge on any atom is 0.308 e. The van der Waals surface area contributed by atoms with Crippen LogP contribution in [0.4, 0.5) is 0 Å². The van der Waals surface area contributed by atoms with Crippen molar-refractivity contribution >= 4 is 5.97 Å². The highest BCUT2D eigenvalue weighted by molar-refractivity contribution is 5.73. The standard InChI is InChI=1S/C10H14O2/c1-6-3-4-8-7(2)10(11)12-5-9(6)8/h3,7-9H,4-5H2,1-2H3/t7-,8+,9+/m0/s1. The first-order chi connectivity index (χ1) is 5.70. The van der Waals surface area contributed by atoms with Crippen molar-refractivity contribution in [3.05, 3.63) is 11.6 Å².